The molecular weight excluding hydrogens is 257 g/mol. The van der Waals surface area contributed by atoms with Gasteiger partial charge in [0.1, 0.15) is 5.82 Å². The van der Waals surface area contributed by atoms with Crippen LogP contribution in [0, 0.1) is 11.7 Å². The first kappa shape index (κ1) is 13.4. The van der Waals surface area contributed by atoms with Crippen LogP contribution in [0.2, 0.25) is 5.02 Å². The second-order valence-corrected chi connectivity index (χ2v) is 5.01. The lowest BCUT2D eigenvalue weighted by Crippen LogP contribution is -2.28. The monoisotopic (exact) mass is 273 g/mol. The number of halogens is 2. The SMILES string of the molecule is COc1cc(Cl)c(F)c(CC2CCNCC2)c1O. The van der Waals surface area contributed by atoms with Crippen LogP contribution in [-0.2, 0) is 6.42 Å². The molecule has 0 aromatic heterocycles. The lowest BCUT2D eigenvalue weighted by atomic mass is 9.90. The highest BCUT2D eigenvalue weighted by atomic mass is 35.5. The van der Waals surface area contributed by atoms with Crippen molar-refractivity contribution < 1.29 is 14.2 Å². The van der Waals surface area contributed by atoms with Gasteiger partial charge >= 0.3 is 0 Å². The number of ether oxygens (including phenoxy) is 1. The second-order valence-electron chi connectivity index (χ2n) is 4.60. The second kappa shape index (κ2) is 5.76. The van der Waals surface area contributed by atoms with Crippen molar-refractivity contribution in [3.63, 3.8) is 0 Å². The fourth-order valence-electron chi connectivity index (χ4n) is 2.36. The van der Waals surface area contributed by atoms with Crippen LogP contribution in [0.4, 0.5) is 4.39 Å². The minimum Gasteiger partial charge on any atom is -0.504 e. The number of aromatic hydroxyl groups is 1. The first-order valence-electron chi connectivity index (χ1n) is 6.08. The Bertz CT molecular complexity index is 433. The number of phenols is 1. The molecule has 0 aliphatic carbocycles. The van der Waals surface area contributed by atoms with Gasteiger partial charge in [0.05, 0.1) is 12.1 Å². The zero-order valence-corrected chi connectivity index (χ0v) is 11.1. The average Bonchev–Trinajstić information content (AvgIpc) is 2.40. The van der Waals surface area contributed by atoms with E-state index in [1.54, 1.807) is 0 Å². The summed E-state index contributed by atoms with van der Waals surface area (Å²) in [4.78, 5) is 0. The van der Waals surface area contributed by atoms with Gasteiger partial charge in [-0.2, -0.15) is 0 Å². The van der Waals surface area contributed by atoms with Crippen molar-refractivity contribution in [3.05, 3.63) is 22.5 Å². The third-order valence-electron chi connectivity index (χ3n) is 3.42. The summed E-state index contributed by atoms with van der Waals surface area (Å²) in [6.07, 6.45) is 2.46. The van der Waals surface area contributed by atoms with Crippen molar-refractivity contribution in [2.45, 2.75) is 19.3 Å². The third kappa shape index (κ3) is 2.70. The van der Waals surface area contributed by atoms with Gasteiger partial charge in [0.25, 0.3) is 0 Å². The van der Waals surface area contributed by atoms with E-state index in [9.17, 15) is 9.50 Å². The molecule has 1 heterocycles. The van der Waals surface area contributed by atoms with Crippen molar-refractivity contribution in [3.8, 4) is 11.5 Å². The molecule has 5 heteroatoms. The van der Waals surface area contributed by atoms with Crippen molar-refractivity contribution in [1.82, 2.24) is 5.32 Å². The summed E-state index contributed by atoms with van der Waals surface area (Å²) in [5, 5.41) is 13.2. The summed E-state index contributed by atoms with van der Waals surface area (Å²) in [5.41, 5.74) is 0.270. The van der Waals surface area contributed by atoms with Crippen molar-refractivity contribution in [2.24, 2.45) is 5.92 Å². The molecule has 1 aromatic rings. The zero-order chi connectivity index (χ0) is 13.1. The van der Waals surface area contributed by atoms with E-state index in [0.717, 1.165) is 25.9 Å². The zero-order valence-electron chi connectivity index (χ0n) is 10.3. The molecule has 0 bridgehead atoms. The van der Waals surface area contributed by atoms with E-state index in [1.807, 2.05) is 0 Å². The Morgan fingerprint density at radius 2 is 2.17 bits per heavy atom. The molecule has 0 radical (unpaired) electrons. The van der Waals surface area contributed by atoms with Crippen LogP contribution >= 0.6 is 11.6 Å². The lowest BCUT2D eigenvalue weighted by molar-refractivity contribution is 0.345. The third-order valence-corrected chi connectivity index (χ3v) is 3.70. The number of hydrogen-bond acceptors (Lipinski definition) is 3. The molecule has 1 aliphatic rings. The molecule has 0 atom stereocenters. The summed E-state index contributed by atoms with van der Waals surface area (Å²) in [5.74, 6) is -0.0633. The van der Waals surface area contributed by atoms with Gasteiger partial charge in [-0.3, -0.25) is 0 Å². The Kier molecular flexibility index (Phi) is 4.30. The van der Waals surface area contributed by atoms with E-state index in [-0.39, 0.29) is 22.1 Å². The minimum absolute atomic E-state index is 0.00594. The van der Waals surface area contributed by atoms with Gasteiger partial charge in [-0.05, 0) is 38.3 Å². The maximum atomic E-state index is 14.0. The molecule has 0 amide bonds. The number of phenolic OH excluding ortho intramolecular Hbond substituents is 1. The van der Waals surface area contributed by atoms with Crippen LogP contribution in [-0.4, -0.2) is 25.3 Å². The van der Waals surface area contributed by atoms with Gasteiger partial charge in [-0.15, -0.1) is 0 Å². The predicted molar refractivity (Wildman–Crippen MR) is 68.9 cm³/mol. The smallest absolute Gasteiger partial charge is 0.163 e. The number of benzene rings is 1. The molecule has 0 spiro atoms. The maximum absolute atomic E-state index is 14.0. The molecule has 1 fully saturated rings. The van der Waals surface area contributed by atoms with Gasteiger partial charge in [0.2, 0.25) is 0 Å². The molecule has 2 N–H and O–H groups in total. The predicted octanol–water partition coefficient (Wildman–Crippen LogP) is 2.74. The average molecular weight is 274 g/mol. The van der Waals surface area contributed by atoms with E-state index in [2.05, 4.69) is 5.32 Å². The van der Waals surface area contributed by atoms with Gasteiger partial charge in [-0.1, -0.05) is 11.6 Å². The van der Waals surface area contributed by atoms with E-state index in [1.165, 1.54) is 13.2 Å². The molecule has 0 saturated carbocycles. The number of methoxy groups -OCH3 is 1. The highest BCUT2D eigenvalue weighted by molar-refractivity contribution is 6.31. The lowest BCUT2D eigenvalue weighted by Gasteiger charge is -2.23. The molecule has 100 valence electrons. The molecule has 18 heavy (non-hydrogen) atoms. The number of piperidine rings is 1. The summed E-state index contributed by atoms with van der Waals surface area (Å²) in [6, 6.07) is 1.30. The molecule has 1 saturated heterocycles. The van der Waals surface area contributed by atoms with E-state index < -0.39 is 5.82 Å². The summed E-state index contributed by atoms with van der Waals surface area (Å²) >= 11 is 5.81. The Balaban J connectivity index is 2.27. The van der Waals surface area contributed by atoms with Gasteiger partial charge in [0, 0.05) is 11.6 Å². The van der Waals surface area contributed by atoms with Crippen LogP contribution in [0.15, 0.2) is 6.07 Å². The quantitative estimate of drug-likeness (QED) is 0.890. The van der Waals surface area contributed by atoms with E-state index >= 15 is 0 Å². The largest absolute Gasteiger partial charge is 0.504 e. The van der Waals surface area contributed by atoms with Gasteiger partial charge in [0.15, 0.2) is 11.5 Å². The van der Waals surface area contributed by atoms with Crippen molar-refractivity contribution in [1.29, 1.82) is 0 Å². The van der Waals surface area contributed by atoms with Crippen LogP contribution in [0.25, 0.3) is 0 Å². The fraction of sp³-hybridized carbons (Fsp3) is 0.538. The van der Waals surface area contributed by atoms with E-state index in [0.29, 0.717) is 12.3 Å². The normalized spacial score (nSPS) is 16.8. The highest BCUT2D eigenvalue weighted by Gasteiger charge is 2.22. The molecule has 0 unspecified atom stereocenters. The number of rotatable bonds is 3. The first-order valence-corrected chi connectivity index (χ1v) is 6.45. The van der Waals surface area contributed by atoms with Crippen LogP contribution in [0.3, 0.4) is 0 Å². The van der Waals surface area contributed by atoms with Gasteiger partial charge in [-0.25, -0.2) is 4.39 Å². The van der Waals surface area contributed by atoms with Crippen LogP contribution in [0.5, 0.6) is 11.5 Å². The van der Waals surface area contributed by atoms with Gasteiger partial charge < -0.3 is 15.2 Å². The topological polar surface area (TPSA) is 41.5 Å². The first-order chi connectivity index (χ1) is 8.63. The Morgan fingerprint density at radius 1 is 1.50 bits per heavy atom. The molecule has 1 aromatic carbocycles. The molecule has 1 aliphatic heterocycles. The Hall–Kier alpha value is -1.00. The summed E-state index contributed by atoms with van der Waals surface area (Å²) in [7, 11) is 1.43. The molecule has 2 rings (SSSR count). The molecule has 3 nitrogen and oxygen atoms in total. The number of hydrogen-bond donors (Lipinski definition) is 2. The van der Waals surface area contributed by atoms with E-state index in [4.69, 9.17) is 16.3 Å². The van der Waals surface area contributed by atoms with Crippen molar-refractivity contribution in [2.75, 3.05) is 20.2 Å². The van der Waals surface area contributed by atoms with Crippen molar-refractivity contribution >= 4 is 11.6 Å². The Labute approximate surface area is 111 Å². The Morgan fingerprint density at radius 3 is 2.78 bits per heavy atom. The summed E-state index contributed by atoms with van der Waals surface area (Å²) < 4.78 is 19.0. The standard InChI is InChI=1S/C13H17ClFNO2/c1-18-11-7-10(14)12(15)9(13(11)17)6-8-2-4-16-5-3-8/h7-8,16-17H,2-6H2,1H3. The minimum atomic E-state index is -0.534. The maximum Gasteiger partial charge on any atom is 0.163 e. The molecular formula is C13H17ClFNO2. The summed E-state index contributed by atoms with van der Waals surface area (Å²) in [6.45, 7) is 1.87. The highest BCUT2D eigenvalue weighted by Crippen LogP contribution is 2.38. The van der Waals surface area contributed by atoms with Crippen LogP contribution < -0.4 is 10.1 Å². The fourth-order valence-corrected chi connectivity index (χ4v) is 2.57. The number of nitrogens with one attached hydrogen (secondary N) is 1. The van der Waals surface area contributed by atoms with Crippen LogP contribution in [0.1, 0.15) is 18.4 Å².